The Bertz CT molecular complexity index is 659. The van der Waals surface area contributed by atoms with Gasteiger partial charge in [-0.2, -0.15) is 0 Å². The number of hydrogen-bond acceptors (Lipinski definition) is 2. The summed E-state index contributed by atoms with van der Waals surface area (Å²) in [5.41, 5.74) is 2.20. The molecule has 2 aromatic rings. The summed E-state index contributed by atoms with van der Waals surface area (Å²) in [6.07, 6.45) is 0. The topological polar surface area (TPSA) is 50.4 Å². The number of para-hydroxylation sites is 1. The van der Waals surface area contributed by atoms with Gasteiger partial charge in [0.05, 0.1) is 7.11 Å². The predicted molar refractivity (Wildman–Crippen MR) is 83.2 cm³/mol. The number of benzene rings is 2. The summed E-state index contributed by atoms with van der Waals surface area (Å²) < 4.78 is 18.6. The standard InChI is InChI=1S/C17H19FN2O2/c1-12-7-8-13(9-15(12)18)10-19-17(21)20-11-14-5-3-4-6-16(14)22-2/h3-9H,10-11H2,1-2H3,(H2,19,20,21). The quantitative estimate of drug-likeness (QED) is 0.891. The van der Waals surface area contributed by atoms with Gasteiger partial charge in [-0.25, -0.2) is 9.18 Å². The van der Waals surface area contributed by atoms with Gasteiger partial charge in [-0.15, -0.1) is 0 Å². The molecule has 0 saturated carbocycles. The van der Waals surface area contributed by atoms with Gasteiger partial charge in [0.2, 0.25) is 0 Å². The fourth-order valence-corrected chi connectivity index (χ4v) is 2.02. The van der Waals surface area contributed by atoms with Gasteiger partial charge in [0.15, 0.2) is 0 Å². The summed E-state index contributed by atoms with van der Waals surface area (Å²) in [5, 5.41) is 5.44. The SMILES string of the molecule is COc1ccccc1CNC(=O)NCc1ccc(C)c(F)c1. The van der Waals surface area contributed by atoms with Crippen LogP contribution in [0.1, 0.15) is 16.7 Å². The van der Waals surface area contributed by atoms with Crippen molar-refractivity contribution < 1.29 is 13.9 Å². The molecule has 116 valence electrons. The van der Waals surface area contributed by atoms with Gasteiger partial charge in [-0.1, -0.05) is 30.3 Å². The Morgan fingerprint density at radius 1 is 1.14 bits per heavy atom. The summed E-state index contributed by atoms with van der Waals surface area (Å²) in [6.45, 7) is 2.33. The van der Waals surface area contributed by atoms with E-state index in [9.17, 15) is 9.18 Å². The highest BCUT2D eigenvalue weighted by atomic mass is 19.1. The Morgan fingerprint density at radius 3 is 2.59 bits per heavy atom. The zero-order chi connectivity index (χ0) is 15.9. The molecule has 0 aliphatic rings. The Labute approximate surface area is 129 Å². The zero-order valence-corrected chi connectivity index (χ0v) is 12.7. The fourth-order valence-electron chi connectivity index (χ4n) is 2.02. The first-order valence-electron chi connectivity index (χ1n) is 6.99. The molecule has 2 amide bonds. The van der Waals surface area contributed by atoms with E-state index in [1.165, 1.54) is 6.07 Å². The Morgan fingerprint density at radius 2 is 1.86 bits per heavy atom. The lowest BCUT2D eigenvalue weighted by molar-refractivity contribution is 0.240. The molecule has 2 aromatic carbocycles. The number of nitrogens with one attached hydrogen (secondary N) is 2. The van der Waals surface area contributed by atoms with Crippen molar-refractivity contribution in [3.8, 4) is 5.75 Å². The number of ether oxygens (including phenoxy) is 1. The molecule has 2 N–H and O–H groups in total. The van der Waals surface area contributed by atoms with E-state index in [1.807, 2.05) is 24.3 Å². The number of hydrogen-bond donors (Lipinski definition) is 2. The minimum absolute atomic E-state index is 0.270. The van der Waals surface area contributed by atoms with Crippen LogP contribution in [-0.2, 0) is 13.1 Å². The number of carbonyl (C=O) groups is 1. The number of methoxy groups -OCH3 is 1. The Balaban J connectivity index is 1.84. The number of urea groups is 1. The van der Waals surface area contributed by atoms with E-state index in [2.05, 4.69) is 10.6 Å². The molecule has 2 rings (SSSR count). The summed E-state index contributed by atoms with van der Waals surface area (Å²) in [4.78, 5) is 11.8. The van der Waals surface area contributed by atoms with Crippen LogP contribution in [-0.4, -0.2) is 13.1 Å². The van der Waals surface area contributed by atoms with Crippen molar-refractivity contribution in [2.45, 2.75) is 20.0 Å². The second-order valence-electron chi connectivity index (χ2n) is 4.93. The maximum Gasteiger partial charge on any atom is 0.315 e. The summed E-state index contributed by atoms with van der Waals surface area (Å²) in [7, 11) is 1.59. The zero-order valence-electron chi connectivity index (χ0n) is 12.7. The Hall–Kier alpha value is -2.56. The van der Waals surface area contributed by atoms with Crippen LogP contribution in [0.3, 0.4) is 0 Å². The summed E-state index contributed by atoms with van der Waals surface area (Å²) in [5.74, 6) is 0.456. The van der Waals surface area contributed by atoms with Crippen molar-refractivity contribution in [3.63, 3.8) is 0 Å². The fraction of sp³-hybridized carbons (Fsp3) is 0.235. The van der Waals surface area contributed by atoms with E-state index in [4.69, 9.17) is 4.74 Å². The normalized spacial score (nSPS) is 10.1. The van der Waals surface area contributed by atoms with Crippen molar-refractivity contribution in [1.29, 1.82) is 0 Å². The molecular formula is C17H19FN2O2. The van der Waals surface area contributed by atoms with Crippen LogP contribution >= 0.6 is 0 Å². The molecule has 0 aromatic heterocycles. The van der Waals surface area contributed by atoms with Gasteiger partial charge in [0, 0.05) is 18.7 Å². The molecule has 0 heterocycles. The van der Waals surface area contributed by atoms with Crippen molar-refractivity contribution in [3.05, 3.63) is 65.0 Å². The largest absolute Gasteiger partial charge is 0.496 e. The van der Waals surface area contributed by atoms with Crippen LogP contribution in [0.25, 0.3) is 0 Å². The van der Waals surface area contributed by atoms with Gasteiger partial charge < -0.3 is 15.4 Å². The van der Waals surface area contributed by atoms with Crippen molar-refractivity contribution in [2.75, 3.05) is 7.11 Å². The molecule has 0 saturated heterocycles. The first-order valence-corrected chi connectivity index (χ1v) is 6.99. The number of amides is 2. The molecule has 5 heteroatoms. The number of halogens is 1. The minimum Gasteiger partial charge on any atom is -0.496 e. The van der Waals surface area contributed by atoms with Crippen molar-refractivity contribution in [1.82, 2.24) is 10.6 Å². The van der Waals surface area contributed by atoms with E-state index in [-0.39, 0.29) is 18.4 Å². The third-order valence-electron chi connectivity index (χ3n) is 3.32. The number of carbonyl (C=O) groups excluding carboxylic acids is 1. The highest BCUT2D eigenvalue weighted by Crippen LogP contribution is 2.16. The van der Waals surface area contributed by atoms with Crippen LogP contribution in [0.4, 0.5) is 9.18 Å². The lowest BCUT2D eigenvalue weighted by Crippen LogP contribution is -2.34. The molecule has 4 nitrogen and oxygen atoms in total. The van der Waals surface area contributed by atoms with Gasteiger partial charge in [-0.3, -0.25) is 0 Å². The van der Waals surface area contributed by atoms with Gasteiger partial charge in [-0.05, 0) is 30.2 Å². The average Bonchev–Trinajstić information content (AvgIpc) is 2.54. The molecule has 0 spiro atoms. The predicted octanol–water partition coefficient (Wildman–Crippen LogP) is 3.14. The average molecular weight is 302 g/mol. The van der Waals surface area contributed by atoms with Gasteiger partial charge >= 0.3 is 6.03 Å². The summed E-state index contributed by atoms with van der Waals surface area (Å²) in [6, 6.07) is 12.1. The van der Waals surface area contributed by atoms with Crippen molar-refractivity contribution >= 4 is 6.03 Å². The maximum absolute atomic E-state index is 13.4. The third-order valence-corrected chi connectivity index (χ3v) is 3.32. The monoisotopic (exact) mass is 302 g/mol. The minimum atomic E-state index is -0.313. The second kappa shape index (κ2) is 7.45. The highest BCUT2D eigenvalue weighted by Gasteiger charge is 2.05. The molecule has 0 aliphatic carbocycles. The first kappa shape index (κ1) is 15.8. The van der Waals surface area contributed by atoms with Gasteiger partial charge in [0.1, 0.15) is 11.6 Å². The molecule has 0 radical (unpaired) electrons. The molecule has 0 bridgehead atoms. The number of aryl methyl sites for hydroxylation is 1. The van der Waals surface area contributed by atoms with E-state index in [0.717, 1.165) is 16.9 Å². The number of rotatable bonds is 5. The highest BCUT2D eigenvalue weighted by molar-refractivity contribution is 5.73. The molecule has 0 atom stereocenters. The Kier molecular flexibility index (Phi) is 5.36. The molecule has 0 aliphatic heterocycles. The van der Waals surface area contributed by atoms with E-state index in [0.29, 0.717) is 12.1 Å². The second-order valence-corrected chi connectivity index (χ2v) is 4.93. The molecule has 0 fully saturated rings. The van der Waals surface area contributed by atoms with E-state index >= 15 is 0 Å². The van der Waals surface area contributed by atoms with Crippen LogP contribution < -0.4 is 15.4 Å². The van der Waals surface area contributed by atoms with Crippen LogP contribution in [0.15, 0.2) is 42.5 Å². The van der Waals surface area contributed by atoms with Crippen molar-refractivity contribution in [2.24, 2.45) is 0 Å². The lowest BCUT2D eigenvalue weighted by Gasteiger charge is -2.11. The maximum atomic E-state index is 13.4. The van der Waals surface area contributed by atoms with Crippen LogP contribution in [0, 0.1) is 12.7 Å². The summed E-state index contributed by atoms with van der Waals surface area (Å²) >= 11 is 0. The van der Waals surface area contributed by atoms with Crippen LogP contribution in [0.5, 0.6) is 5.75 Å². The van der Waals surface area contributed by atoms with E-state index in [1.54, 1.807) is 26.2 Å². The van der Waals surface area contributed by atoms with Crippen LogP contribution in [0.2, 0.25) is 0 Å². The van der Waals surface area contributed by atoms with E-state index < -0.39 is 0 Å². The smallest absolute Gasteiger partial charge is 0.315 e. The lowest BCUT2D eigenvalue weighted by atomic mass is 10.1. The molecule has 0 unspecified atom stereocenters. The first-order chi connectivity index (χ1) is 10.6. The third kappa shape index (κ3) is 4.22. The molecular weight excluding hydrogens is 283 g/mol. The molecule has 22 heavy (non-hydrogen) atoms. The van der Waals surface area contributed by atoms with Gasteiger partial charge in [0.25, 0.3) is 0 Å².